The van der Waals surface area contributed by atoms with E-state index in [4.69, 9.17) is 4.74 Å². The molecule has 0 unspecified atom stereocenters. The van der Waals surface area contributed by atoms with E-state index in [0.29, 0.717) is 5.92 Å². The molecule has 19 heavy (non-hydrogen) atoms. The van der Waals surface area contributed by atoms with Crippen LogP contribution in [0.4, 0.5) is 0 Å². The van der Waals surface area contributed by atoms with Gasteiger partial charge in [0.25, 0.3) is 0 Å². The molecule has 1 heterocycles. The molecule has 1 saturated carbocycles. The number of hydrogen-bond donors (Lipinski definition) is 1. The van der Waals surface area contributed by atoms with Crippen molar-refractivity contribution in [3.05, 3.63) is 48.0 Å². The minimum Gasteiger partial charge on any atom is -0.494 e. The molecule has 0 bridgehead atoms. The van der Waals surface area contributed by atoms with Crippen molar-refractivity contribution in [2.75, 3.05) is 6.61 Å². The van der Waals surface area contributed by atoms with Crippen molar-refractivity contribution < 1.29 is 4.74 Å². The van der Waals surface area contributed by atoms with Gasteiger partial charge in [0.1, 0.15) is 5.75 Å². The Hall–Kier alpha value is -1.77. The third-order valence-electron chi connectivity index (χ3n) is 3.74. The highest BCUT2D eigenvalue weighted by Crippen LogP contribution is 2.37. The van der Waals surface area contributed by atoms with Crippen molar-refractivity contribution in [3.8, 4) is 5.75 Å². The number of rotatable bonds is 6. The summed E-state index contributed by atoms with van der Waals surface area (Å²) >= 11 is 0. The highest BCUT2D eigenvalue weighted by Gasteiger charge is 2.19. The van der Waals surface area contributed by atoms with Crippen LogP contribution in [0.3, 0.4) is 0 Å². The van der Waals surface area contributed by atoms with Crippen LogP contribution in [0.5, 0.6) is 5.75 Å². The van der Waals surface area contributed by atoms with E-state index in [9.17, 15) is 0 Å². The minimum absolute atomic E-state index is 0.715. The molecule has 99 valence electrons. The topological polar surface area (TPSA) is 37.9 Å². The molecule has 0 saturated heterocycles. The third-order valence-corrected chi connectivity index (χ3v) is 3.74. The quantitative estimate of drug-likeness (QED) is 0.802. The van der Waals surface area contributed by atoms with Gasteiger partial charge in [0.05, 0.1) is 18.6 Å². The lowest BCUT2D eigenvalue weighted by Crippen LogP contribution is -2.09. The van der Waals surface area contributed by atoms with E-state index in [1.54, 1.807) is 6.33 Å². The Kier molecular flexibility index (Phi) is 3.82. The molecule has 1 aromatic carbocycles. The molecule has 1 aliphatic carbocycles. The maximum Gasteiger partial charge on any atom is 0.119 e. The zero-order valence-corrected chi connectivity index (χ0v) is 11.1. The van der Waals surface area contributed by atoms with Crippen molar-refractivity contribution in [1.29, 1.82) is 0 Å². The SMILES string of the molecule is [c]1ccc(OCCCc2c[nH]cn2)cc1C1CCC1. The maximum atomic E-state index is 5.81. The van der Waals surface area contributed by atoms with Crippen molar-refractivity contribution in [1.82, 2.24) is 9.97 Å². The molecule has 3 heteroatoms. The van der Waals surface area contributed by atoms with Crippen LogP contribution in [0.1, 0.15) is 42.9 Å². The van der Waals surface area contributed by atoms with Crippen LogP contribution in [0.25, 0.3) is 0 Å². The Morgan fingerprint density at radius 2 is 2.37 bits per heavy atom. The van der Waals surface area contributed by atoms with Gasteiger partial charge in [0.15, 0.2) is 0 Å². The zero-order chi connectivity index (χ0) is 12.9. The summed E-state index contributed by atoms with van der Waals surface area (Å²) in [5.41, 5.74) is 2.41. The molecule has 1 fully saturated rings. The van der Waals surface area contributed by atoms with E-state index in [2.05, 4.69) is 22.1 Å². The minimum atomic E-state index is 0.715. The van der Waals surface area contributed by atoms with E-state index in [1.807, 2.05) is 18.3 Å². The van der Waals surface area contributed by atoms with Gasteiger partial charge in [-0.1, -0.05) is 12.5 Å². The van der Waals surface area contributed by atoms with Crippen molar-refractivity contribution in [3.63, 3.8) is 0 Å². The second kappa shape index (κ2) is 5.91. The van der Waals surface area contributed by atoms with Crippen LogP contribution in [0.15, 0.2) is 30.7 Å². The lowest BCUT2D eigenvalue weighted by atomic mass is 9.80. The Morgan fingerprint density at radius 1 is 1.42 bits per heavy atom. The molecule has 1 aromatic heterocycles. The van der Waals surface area contributed by atoms with Gasteiger partial charge in [-0.05, 0) is 55.4 Å². The fourth-order valence-electron chi connectivity index (χ4n) is 2.38. The Bertz CT molecular complexity index is 503. The first-order chi connectivity index (χ1) is 9.42. The molecule has 0 amide bonds. The fourth-order valence-corrected chi connectivity index (χ4v) is 2.38. The number of aromatic amines is 1. The molecule has 3 rings (SSSR count). The summed E-state index contributed by atoms with van der Waals surface area (Å²) in [6, 6.07) is 9.46. The average molecular weight is 255 g/mol. The van der Waals surface area contributed by atoms with Gasteiger partial charge >= 0.3 is 0 Å². The van der Waals surface area contributed by atoms with Crippen LogP contribution in [0.2, 0.25) is 0 Å². The Balaban J connectivity index is 1.46. The zero-order valence-electron chi connectivity index (χ0n) is 11.1. The fraction of sp³-hybridized carbons (Fsp3) is 0.438. The van der Waals surface area contributed by atoms with E-state index in [-0.39, 0.29) is 0 Å². The molecule has 2 aromatic rings. The van der Waals surface area contributed by atoms with Crippen molar-refractivity contribution in [2.45, 2.75) is 38.0 Å². The number of ether oxygens (including phenoxy) is 1. The summed E-state index contributed by atoms with van der Waals surface area (Å²) in [6.45, 7) is 0.737. The van der Waals surface area contributed by atoms with Crippen LogP contribution in [-0.4, -0.2) is 16.6 Å². The van der Waals surface area contributed by atoms with Gasteiger partial charge in [0, 0.05) is 6.20 Å². The van der Waals surface area contributed by atoms with E-state index in [0.717, 1.165) is 30.9 Å². The monoisotopic (exact) mass is 255 g/mol. The summed E-state index contributed by atoms with van der Waals surface area (Å²) in [5.74, 6) is 1.69. The van der Waals surface area contributed by atoms with Crippen LogP contribution < -0.4 is 4.74 Å². The first kappa shape index (κ1) is 12.3. The summed E-state index contributed by atoms with van der Waals surface area (Å²) in [6.07, 6.45) is 9.56. The van der Waals surface area contributed by atoms with Crippen molar-refractivity contribution in [2.24, 2.45) is 0 Å². The molecule has 0 aliphatic heterocycles. The van der Waals surface area contributed by atoms with E-state index in [1.165, 1.54) is 24.8 Å². The van der Waals surface area contributed by atoms with Gasteiger partial charge in [0.2, 0.25) is 0 Å². The highest BCUT2D eigenvalue weighted by molar-refractivity contribution is 5.30. The number of benzene rings is 1. The molecule has 1 aliphatic rings. The Morgan fingerprint density at radius 3 is 3.11 bits per heavy atom. The molecular weight excluding hydrogens is 236 g/mol. The van der Waals surface area contributed by atoms with Gasteiger partial charge in [-0.15, -0.1) is 0 Å². The third kappa shape index (κ3) is 3.16. The highest BCUT2D eigenvalue weighted by atomic mass is 16.5. The van der Waals surface area contributed by atoms with Crippen LogP contribution in [-0.2, 0) is 6.42 Å². The number of imidazole rings is 1. The van der Waals surface area contributed by atoms with Crippen LogP contribution >= 0.6 is 0 Å². The number of hydrogen-bond acceptors (Lipinski definition) is 2. The first-order valence-electron chi connectivity index (χ1n) is 7.04. The predicted octanol–water partition coefficient (Wildman–Crippen LogP) is 3.49. The second-order valence-corrected chi connectivity index (χ2v) is 5.12. The van der Waals surface area contributed by atoms with Gasteiger partial charge < -0.3 is 9.72 Å². The van der Waals surface area contributed by atoms with Crippen LogP contribution in [0, 0.1) is 6.07 Å². The van der Waals surface area contributed by atoms with Gasteiger partial charge in [-0.2, -0.15) is 0 Å². The number of aromatic nitrogens is 2. The summed E-state index contributed by atoms with van der Waals surface area (Å²) in [4.78, 5) is 7.17. The normalized spacial score (nSPS) is 15.2. The molecule has 0 spiro atoms. The first-order valence-corrected chi connectivity index (χ1v) is 7.04. The van der Waals surface area contributed by atoms with Gasteiger partial charge in [-0.25, -0.2) is 4.98 Å². The summed E-state index contributed by atoms with van der Waals surface area (Å²) in [5, 5.41) is 0. The van der Waals surface area contributed by atoms with Crippen molar-refractivity contribution >= 4 is 0 Å². The molecule has 1 radical (unpaired) electrons. The standard InChI is InChI=1S/C16H19N2O/c1-4-13(5-1)14-6-2-8-16(10-14)19-9-3-7-15-11-17-12-18-15/h2,8,10-13H,1,3-5,7,9H2,(H,17,18). The predicted molar refractivity (Wildman–Crippen MR) is 74.3 cm³/mol. The molecule has 3 nitrogen and oxygen atoms in total. The number of nitrogens with zero attached hydrogens (tertiary/aromatic N) is 1. The summed E-state index contributed by atoms with van der Waals surface area (Å²) in [7, 11) is 0. The molecule has 0 atom stereocenters. The van der Waals surface area contributed by atoms with Gasteiger partial charge in [-0.3, -0.25) is 0 Å². The summed E-state index contributed by atoms with van der Waals surface area (Å²) < 4.78 is 5.81. The number of nitrogens with one attached hydrogen (secondary N) is 1. The van der Waals surface area contributed by atoms with E-state index < -0.39 is 0 Å². The smallest absolute Gasteiger partial charge is 0.119 e. The molecular formula is C16H19N2O. The maximum absolute atomic E-state index is 5.81. The Labute approximate surface area is 114 Å². The number of aryl methyl sites for hydroxylation is 1. The second-order valence-electron chi connectivity index (χ2n) is 5.12. The van der Waals surface area contributed by atoms with E-state index >= 15 is 0 Å². The average Bonchev–Trinajstić information content (AvgIpc) is 2.86. The molecule has 1 N–H and O–H groups in total. The lowest BCUT2D eigenvalue weighted by Gasteiger charge is -2.25. The largest absolute Gasteiger partial charge is 0.494 e. The lowest BCUT2D eigenvalue weighted by molar-refractivity contribution is 0.309. The number of H-pyrrole nitrogens is 1.